The van der Waals surface area contributed by atoms with Crippen molar-refractivity contribution in [3.05, 3.63) is 83.5 Å². The highest BCUT2D eigenvalue weighted by Crippen LogP contribution is 2.21. The van der Waals surface area contributed by atoms with Crippen molar-refractivity contribution < 1.29 is 4.79 Å². The highest BCUT2D eigenvalue weighted by molar-refractivity contribution is 6.30. The molecule has 1 amide bonds. The Morgan fingerprint density at radius 1 is 0.821 bits per heavy atom. The second kappa shape index (κ2) is 8.31. The molecule has 1 fully saturated rings. The molecule has 2 aromatic carbocycles. The number of nitrogens with zero attached hydrogens (tertiary/aromatic N) is 3. The zero-order chi connectivity index (χ0) is 19.3. The summed E-state index contributed by atoms with van der Waals surface area (Å²) >= 11 is 5.86. The van der Waals surface area contributed by atoms with Crippen LogP contribution in [0.2, 0.25) is 5.02 Å². The summed E-state index contributed by atoms with van der Waals surface area (Å²) in [5.41, 5.74) is 2.88. The molecule has 1 saturated heterocycles. The van der Waals surface area contributed by atoms with Gasteiger partial charge in [0, 0.05) is 42.5 Å². The number of piperazine rings is 1. The van der Waals surface area contributed by atoms with Crippen LogP contribution in [0.25, 0.3) is 0 Å². The van der Waals surface area contributed by atoms with E-state index < -0.39 is 0 Å². The SMILES string of the molecule is O=C(Nc1ccc(N2CCN(c3ccccc3)CC2)cn1)c1ccc(Cl)cc1. The number of hydrogen-bond acceptors (Lipinski definition) is 4. The Bertz CT molecular complexity index is 921. The Balaban J connectivity index is 1.35. The number of aromatic nitrogens is 1. The van der Waals surface area contributed by atoms with Crippen LogP contribution in [0, 0.1) is 0 Å². The van der Waals surface area contributed by atoms with E-state index in [9.17, 15) is 4.79 Å². The summed E-state index contributed by atoms with van der Waals surface area (Å²) in [5.74, 6) is 0.333. The van der Waals surface area contributed by atoms with Gasteiger partial charge in [0.1, 0.15) is 5.82 Å². The van der Waals surface area contributed by atoms with E-state index in [0.29, 0.717) is 16.4 Å². The van der Waals surface area contributed by atoms with Gasteiger partial charge < -0.3 is 15.1 Å². The number of pyridine rings is 1. The van der Waals surface area contributed by atoms with Crippen molar-refractivity contribution in [3.8, 4) is 0 Å². The fourth-order valence-corrected chi connectivity index (χ4v) is 3.42. The highest BCUT2D eigenvalue weighted by atomic mass is 35.5. The molecule has 28 heavy (non-hydrogen) atoms. The van der Waals surface area contributed by atoms with Gasteiger partial charge in [-0.15, -0.1) is 0 Å². The molecular formula is C22H21ClN4O. The average Bonchev–Trinajstić information content (AvgIpc) is 2.75. The summed E-state index contributed by atoms with van der Waals surface area (Å²) in [6, 6.07) is 21.1. The normalized spacial score (nSPS) is 14.0. The van der Waals surface area contributed by atoms with Crippen LogP contribution in [-0.2, 0) is 0 Å². The van der Waals surface area contributed by atoms with Crippen LogP contribution in [0.1, 0.15) is 10.4 Å². The van der Waals surface area contributed by atoms with Gasteiger partial charge in [0.25, 0.3) is 5.91 Å². The summed E-state index contributed by atoms with van der Waals surface area (Å²) in [5, 5.41) is 3.42. The van der Waals surface area contributed by atoms with Gasteiger partial charge in [-0.25, -0.2) is 4.98 Å². The average molecular weight is 393 g/mol. The fourth-order valence-electron chi connectivity index (χ4n) is 3.30. The highest BCUT2D eigenvalue weighted by Gasteiger charge is 2.17. The summed E-state index contributed by atoms with van der Waals surface area (Å²) in [6.07, 6.45) is 1.82. The number of rotatable bonds is 4. The maximum atomic E-state index is 12.3. The lowest BCUT2D eigenvalue weighted by Crippen LogP contribution is -2.46. The van der Waals surface area contributed by atoms with Gasteiger partial charge in [-0.3, -0.25) is 4.79 Å². The predicted octanol–water partition coefficient (Wildman–Crippen LogP) is 4.31. The molecule has 1 aromatic heterocycles. The zero-order valence-electron chi connectivity index (χ0n) is 15.4. The molecule has 6 heteroatoms. The number of amides is 1. The van der Waals surface area contributed by atoms with Crippen molar-refractivity contribution >= 4 is 34.7 Å². The first kappa shape index (κ1) is 18.3. The van der Waals surface area contributed by atoms with Crippen LogP contribution >= 0.6 is 11.6 Å². The third kappa shape index (κ3) is 4.26. The number of anilines is 3. The molecule has 0 saturated carbocycles. The number of nitrogens with one attached hydrogen (secondary N) is 1. The summed E-state index contributed by atoms with van der Waals surface area (Å²) in [6.45, 7) is 3.82. The maximum Gasteiger partial charge on any atom is 0.256 e. The Kier molecular flexibility index (Phi) is 5.44. The van der Waals surface area contributed by atoms with E-state index in [2.05, 4.69) is 44.4 Å². The van der Waals surface area contributed by atoms with Gasteiger partial charge in [0.05, 0.1) is 11.9 Å². The van der Waals surface area contributed by atoms with E-state index in [1.54, 1.807) is 24.3 Å². The molecule has 5 nitrogen and oxygen atoms in total. The van der Waals surface area contributed by atoms with Crippen molar-refractivity contribution in [2.24, 2.45) is 0 Å². The van der Waals surface area contributed by atoms with Crippen molar-refractivity contribution in [1.29, 1.82) is 0 Å². The monoisotopic (exact) mass is 392 g/mol. The predicted molar refractivity (Wildman–Crippen MR) is 115 cm³/mol. The van der Waals surface area contributed by atoms with E-state index in [4.69, 9.17) is 11.6 Å². The van der Waals surface area contributed by atoms with Crippen LogP contribution in [0.5, 0.6) is 0 Å². The van der Waals surface area contributed by atoms with Crippen molar-refractivity contribution in [2.45, 2.75) is 0 Å². The Hall–Kier alpha value is -3.05. The first-order valence-electron chi connectivity index (χ1n) is 9.27. The Morgan fingerprint density at radius 3 is 2.07 bits per heavy atom. The fraction of sp³-hybridized carbons (Fsp3) is 0.182. The van der Waals surface area contributed by atoms with Gasteiger partial charge >= 0.3 is 0 Å². The van der Waals surface area contributed by atoms with Crippen LogP contribution in [0.3, 0.4) is 0 Å². The molecule has 0 spiro atoms. The molecule has 0 aliphatic carbocycles. The molecule has 3 aromatic rings. The molecule has 1 N–H and O–H groups in total. The smallest absolute Gasteiger partial charge is 0.256 e. The number of halogens is 1. The molecule has 4 rings (SSSR count). The first-order chi connectivity index (χ1) is 13.7. The first-order valence-corrected chi connectivity index (χ1v) is 9.65. The minimum absolute atomic E-state index is 0.201. The summed E-state index contributed by atoms with van der Waals surface area (Å²) < 4.78 is 0. The summed E-state index contributed by atoms with van der Waals surface area (Å²) in [7, 11) is 0. The number of para-hydroxylation sites is 1. The summed E-state index contributed by atoms with van der Waals surface area (Å²) in [4.78, 5) is 21.4. The van der Waals surface area contributed by atoms with E-state index in [-0.39, 0.29) is 5.91 Å². The van der Waals surface area contributed by atoms with Crippen molar-refractivity contribution in [1.82, 2.24) is 4.98 Å². The third-order valence-electron chi connectivity index (χ3n) is 4.86. The maximum absolute atomic E-state index is 12.3. The van der Waals surface area contributed by atoms with E-state index >= 15 is 0 Å². The largest absolute Gasteiger partial charge is 0.368 e. The van der Waals surface area contributed by atoms with Crippen LogP contribution in [0.4, 0.5) is 17.2 Å². The molecular weight excluding hydrogens is 372 g/mol. The van der Waals surface area contributed by atoms with Crippen LogP contribution in [0.15, 0.2) is 72.9 Å². The van der Waals surface area contributed by atoms with Crippen molar-refractivity contribution in [3.63, 3.8) is 0 Å². The molecule has 0 radical (unpaired) electrons. The molecule has 1 aliphatic heterocycles. The topological polar surface area (TPSA) is 48.5 Å². The standard InChI is InChI=1S/C22H21ClN4O/c23-18-8-6-17(7-9-18)22(28)25-21-11-10-20(16-24-21)27-14-12-26(13-15-27)19-4-2-1-3-5-19/h1-11,16H,12-15H2,(H,24,25,28). The Morgan fingerprint density at radius 2 is 1.46 bits per heavy atom. The molecule has 1 aliphatic rings. The van der Waals surface area contributed by atoms with Gasteiger partial charge in [0.15, 0.2) is 0 Å². The van der Waals surface area contributed by atoms with Crippen LogP contribution < -0.4 is 15.1 Å². The molecule has 2 heterocycles. The third-order valence-corrected chi connectivity index (χ3v) is 5.11. The van der Waals surface area contributed by atoms with Gasteiger partial charge in [0.2, 0.25) is 0 Å². The van der Waals surface area contributed by atoms with Crippen LogP contribution in [-0.4, -0.2) is 37.1 Å². The van der Waals surface area contributed by atoms with E-state index in [0.717, 1.165) is 31.9 Å². The molecule has 0 atom stereocenters. The number of hydrogen-bond donors (Lipinski definition) is 1. The van der Waals surface area contributed by atoms with Gasteiger partial charge in [-0.05, 0) is 48.5 Å². The minimum atomic E-state index is -0.201. The molecule has 0 unspecified atom stereocenters. The number of carbonyl (C=O) groups is 1. The minimum Gasteiger partial charge on any atom is -0.368 e. The quantitative estimate of drug-likeness (QED) is 0.718. The second-order valence-corrected chi connectivity index (χ2v) is 7.11. The van der Waals surface area contributed by atoms with E-state index in [1.807, 2.05) is 24.4 Å². The number of carbonyl (C=O) groups excluding carboxylic acids is 1. The Labute approximate surface area is 169 Å². The molecule has 142 valence electrons. The van der Waals surface area contributed by atoms with E-state index in [1.165, 1.54) is 5.69 Å². The van der Waals surface area contributed by atoms with Gasteiger partial charge in [-0.2, -0.15) is 0 Å². The lowest BCUT2D eigenvalue weighted by molar-refractivity contribution is 0.102. The lowest BCUT2D eigenvalue weighted by Gasteiger charge is -2.37. The van der Waals surface area contributed by atoms with Gasteiger partial charge in [-0.1, -0.05) is 29.8 Å². The lowest BCUT2D eigenvalue weighted by atomic mass is 10.2. The number of benzene rings is 2. The molecule has 0 bridgehead atoms. The van der Waals surface area contributed by atoms with Crippen molar-refractivity contribution in [2.75, 3.05) is 41.3 Å². The second-order valence-electron chi connectivity index (χ2n) is 6.67. The zero-order valence-corrected chi connectivity index (χ0v) is 16.1.